The number of benzene rings is 3. The highest BCUT2D eigenvalue weighted by Crippen LogP contribution is 2.44. The molecule has 3 amide bonds. The van der Waals surface area contributed by atoms with Crippen molar-refractivity contribution >= 4 is 63.6 Å². The molecule has 260 valence electrons. The first-order valence-corrected chi connectivity index (χ1v) is 18.0. The van der Waals surface area contributed by atoms with E-state index < -0.39 is 28.9 Å². The molecule has 11 heteroatoms. The maximum Gasteiger partial charge on any atom is 0.341 e. The summed E-state index contributed by atoms with van der Waals surface area (Å²) < 4.78 is 19.6. The molecule has 0 spiro atoms. The molecule has 5 rings (SSSR count). The Hall–Kier alpha value is -4.74. The predicted molar refractivity (Wildman–Crippen MR) is 198 cm³/mol. The molecule has 0 fully saturated rings. The molecular formula is C39H40FN3O5S2. The summed E-state index contributed by atoms with van der Waals surface area (Å²) in [4.78, 5) is 54.6. The molecule has 0 aliphatic heterocycles. The van der Waals surface area contributed by atoms with Crippen molar-refractivity contribution in [2.75, 3.05) is 17.7 Å². The van der Waals surface area contributed by atoms with Gasteiger partial charge >= 0.3 is 5.97 Å². The number of carbonyl (C=O) groups excluding carboxylic acids is 4. The van der Waals surface area contributed by atoms with Gasteiger partial charge < -0.3 is 20.7 Å². The van der Waals surface area contributed by atoms with E-state index in [0.717, 1.165) is 29.7 Å². The quantitative estimate of drug-likeness (QED) is 0.0865. The van der Waals surface area contributed by atoms with Gasteiger partial charge in [0.2, 0.25) is 5.91 Å². The van der Waals surface area contributed by atoms with E-state index in [1.54, 1.807) is 61.5 Å². The van der Waals surface area contributed by atoms with E-state index in [9.17, 15) is 23.6 Å². The standard InChI is InChI=1S/C39H40FN3O5S2/c1-23(34(44)43-37-33(38(47)48-5)29-19-18-26(39(2,3)4)21-32(29)50-37)49-28-16-11-15-27(22-28)41-36(46)31(20-25-14-9-10-17-30(25)40)42-35(45)24-12-7-6-8-13-24/h6-17,20,22-23,26H,18-19,21H2,1-5H3,(H,41,46)(H,42,45)(H,43,44)/b31-20-. The Labute approximate surface area is 299 Å². The van der Waals surface area contributed by atoms with Crippen molar-refractivity contribution in [2.45, 2.75) is 57.1 Å². The number of amides is 3. The van der Waals surface area contributed by atoms with Gasteiger partial charge in [-0.1, -0.05) is 63.2 Å². The summed E-state index contributed by atoms with van der Waals surface area (Å²) in [6.45, 7) is 8.45. The number of carbonyl (C=O) groups is 4. The van der Waals surface area contributed by atoms with Crippen molar-refractivity contribution in [3.63, 3.8) is 0 Å². The number of fused-ring (bicyclic) bond motifs is 1. The summed E-state index contributed by atoms with van der Waals surface area (Å²) >= 11 is 2.73. The Morgan fingerprint density at radius 1 is 0.980 bits per heavy atom. The third-order valence-electron chi connectivity index (χ3n) is 8.62. The Morgan fingerprint density at radius 3 is 2.40 bits per heavy atom. The highest BCUT2D eigenvalue weighted by molar-refractivity contribution is 8.00. The van der Waals surface area contributed by atoms with Gasteiger partial charge in [0.25, 0.3) is 11.8 Å². The largest absolute Gasteiger partial charge is 0.465 e. The van der Waals surface area contributed by atoms with E-state index in [-0.39, 0.29) is 22.6 Å². The summed E-state index contributed by atoms with van der Waals surface area (Å²) in [6.07, 6.45) is 3.84. The zero-order chi connectivity index (χ0) is 36.0. The van der Waals surface area contributed by atoms with Crippen molar-refractivity contribution in [1.82, 2.24) is 5.32 Å². The monoisotopic (exact) mass is 713 g/mol. The summed E-state index contributed by atoms with van der Waals surface area (Å²) in [5.74, 6) is -2.00. The van der Waals surface area contributed by atoms with E-state index in [4.69, 9.17) is 4.74 Å². The number of rotatable bonds is 10. The smallest absolute Gasteiger partial charge is 0.341 e. The number of nitrogens with one attached hydrogen (secondary N) is 3. The molecule has 1 aliphatic carbocycles. The third-order valence-corrected chi connectivity index (χ3v) is 10.9. The highest BCUT2D eigenvalue weighted by Gasteiger charge is 2.34. The van der Waals surface area contributed by atoms with Crippen LogP contribution in [0.2, 0.25) is 0 Å². The molecule has 4 aromatic rings. The van der Waals surface area contributed by atoms with Gasteiger partial charge in [0.05, 0.1) is 17.9 Å². The average Bonchev–Trinajstić information content (AvgIpc) is 3.45. The minimum absolute atomic E-state index is 0.128. The fraction of sp³-hybridized carbons (Fsp3) is 0.282. The number of thiophene rings is 1. The van der Waals surface area contributed by atoms with Gasteiger partial charge in [-0.15, -0.1) is 23.1 Å². The normalized spacial score (nSPS) is 15.0. The topological polar surface area (TPSA) is 114 Å². The summed E-state index contributed by atoms with van der Waals surface area (Å²) in [6, 6.07) is 21.3. The fourth-order valence-corrected chi connectivity index (χ4v) is 7.98. The van der Waals surface area contributed by atoms with Gasteiger partial charge in [0.15, 0.2) is 0 Å². The first-order chi connectivity index (χ1) is 23.8. The van der Waals surface area contributed by atoms with Crippen LogP contribution in [-0.4, -0.2) is 36.1 Å². The maximum absolute atomic E-state index is 14.5. The maximum atomic E-state index is 14.5. The zero-order valence-electron chi connectivity index (χ0n) is 28.6. The average molecular weight is 714 g/mol. The molecule has 1 aromatic heterocycles. The van der Waals surface area contributed by atoms with Crippen LogP contribution < -0.4 is 16.0 Å². The van der Waals surface area contributed by atoms with Crippen LogP contribution in [0, 0.1) is 17.2 Å². The Kier molecular flexibility index (Phi) is 11.6. The van der Waals surface area contributed by atoms with Crippen LogP contribution in [0.3, 0.4) is 0 Å². The summed E-state index contributed by atoms with van der Waals surface area (Å²) in [7, 11) is 1.35. The molecule has 2 unspecified atom stereocenters. The van der Waals surface area contributed by atoms with E-state index >= 15 is 0 Å². The number of ether oxygens (including phenoxy) is 1. The van der Waals surface area contributed by atoms with Crippen molar-refractivity contribution in [1.29, 1.82) is 0 Å². The minimum atomic E-state index is -0.656. The van der Waals surface area contributed by atoms with E-state index in [1.807, 2.05) is 6.07 Å². The van der Waals surface area contributed by atoms with Crippen molar-refractivity contribution in [3.8, 4) is 0 Å². The van der Waals surface area contributed by atoms with Crippen molar-refractivity contribution in [3.05, 3.63) is 118 Å². The second-order valence-corrected chi connectivity index (χ2v) is 15.7. The molecule has 2 atom stereocenters. The van der Waals surface area contributed by atoms with Gasteiger partial charge in [0.1, 0.15) is 16.5 Å². The first-order valence-electron chi connectivity index (χ1n) is 16.3. The lowest BCUT2D eigenvalue weighted by Crippen LogP contribution is -2.30. The number of methoxy groups -OCH3 is 1. The summed E-state index contributed by atoms with van der Waals surface area (Å²) in [5.41, 5.74) is 2.26. The number of hydrogen-bond acceptors (Lipinski definition) is 7. The predicted octanol–water partition coefficient (Wildman–Crippen LogP) is 8.35. The lowest BCUT2D eigenvalue weighted by molar-refractivity contribution is -0.115. The first kappa shape index (κ1) is 36.5. The second-order valence-electron chi connectivity index (χ2n) is 13.1. The number of anilines is 2. The second kappa shape index (κ2) is 15.9. The van der Waals surface area contributed by atoms with Gasteiger partial charge in [-0.05, 0) is 85.6 Å². The van der Waals surface area contributed by atoms with Crippen LogP contribution in [0.4, 0.5) is 15.1 Å². The van der Waals surface area contributed by atoms with Gasteiger partial charge in [-0.2, -0.15) is 0 Å². The molecule has 0 saturated carbocycles. The molecule has 1 heterocycles. The van der Waals surface area contributed by atoms with E-state index in [2.05, 4.69) is 36.7 Å². The lowest BCUT2D eigenvalue weighted by Gasteiger charge is -2.33. The highest BCUT2D eigenvalue weighted by atomic mass is 32.2. The Bertz CT molecular complexity index is 1930. The molecule has 3 aromatic carbocycles. The third kappa shape index (κ3) is 8.88. The lowest BCUT2D eigenvalue weighted by atomic mass is 9.72. The molecule has 0 radical (unpaired) electrons. The molecule has 3 N–H and O–H groups in total. The summed E-state index contributed by atoms with van der Waals surface area (Å²) in [5, 5.41) is 8.32. The van der Waals surface area contributed by atoms with Crippen LogP contribution >= 0.6 is 23.1 Å². The van der Waals surface area contributed by atoms with Crippen molar-refractivity contribution in [2.24, 2.45) is 11.3 Å². The van der Waals surface area contributed by atoms with Crippen LogP contribution in [0.25, 0.3) is 6.08 Å². The Balaban J connectivity index is 1.30. The molecule has 0 saturated heterocycles. The van der Waals surface area contributed by atoms with Crippen molar-refractivity contribution < 1.29 is 28.3 Å². The van der Waals surface area contributed by atoms with Crippen LogP contribution in [0.5, 0.6) is 0 Å². The number of thioether (sulfide) groups is 1. The zero-order valence-corrected chi connectivity index (χ0v) is 30.2. The Morgan fingerprint density at radius 2 is 1.70 bits per heavy atom. The molecule has 1 aliphatic rings. The molecule has 0 bridgehead atoms. The van der Waals surface area contributed by atoms with E-state index in [0.29, 0.717) is 32.6 Å². The SMILES string of the molecule is COC(=O)c1c(NC(=O)C(C)Sc2cccc(NC(=O)/C(=C/c3ccccc3F)NC(=O)c3ccccc3)c2)sc2c1CCC(C(C)(C)C)C2. The van der Waals surface area contributed by atoms with Gasteiger partial charge in [-0.25, -0.2) is 9.18 Å². The van der Waals surface area contributed by atoms with E-state index in [1.165, 1.54) is 54.5 Å². The molecule has 50 heavy (non-hydrogen) atoms. The number of esters is 1. The molecule has 8 nitrogen and oxygen atoms in total. The van der Waals surface area contributed by atoms with Crippen LogP contribution in [0.15, 0.2) is 89.5 Å². The minimum Gasteiger partial charge on any atom is -0.465 e. The van der Waals surface area contributed by atoms with Gasteiger partial charge in [-0.3, -0.25) is 14.4 Å². The number of halogens is 1. The number of hydrogen-bond donors (Lipinski definition) is 3. The van der Waals surface area contributed by atoms with Crippen LogP contribution in [0.1, 0.15) is 70.8 Å². The van der Waals surface area contributed by atoms with Gasteiger partial charge in [0, 0.05) is 26.6 Å². The fourth-order valence-electron chi connectivity index (χ4n) is 5.74. The van der Waals surface area contributed by atoms with Crippen LogP contribution in [-0.2, 0) is 27.2 Å². The molecular weight excluding hydrogens is 674 g/mol.